The van der Waals surface area contributed by atoms with E-state index in [2.05, 4.69) is 13.8 Å². The SMILES string of the molecule is CC(C)CCN(C1CC1)S(=O)(=O)c1cccc(CCl)c1. The van der Waals surface area contributed by atoms with E-state index in [1.807, 2.05) is 6.07 Å². The van der Waals surface area contributed by atoms with Crippen LogP contribution in [0.15, 0.2) is 29.2 Å². The summed E-state index contributed by atoms with van der Waals surface area (Å²) in [6.07, 6.45) is 2.85. The first-order chi connectivity index (χ1) is 9.45. The predicted molar refractivity (Wildman–Crippen MR) is 82.4 cm³/mol. The lowest BCUT2D eigenvalue weighted by molar-refractivity contribution is 0.373. The van der Waals surface area contributed by atoms with E-state index in [1.165, 1.54) is 0 Å². The minimum absolute atomic E-state index is 0.193. The zero-order chi connectivity index (χ0) is 14.8. The molecule has 0 aromatic heterocycles. The van der Waals surface area contributed by atoms with Crippen molar-refractivity contribution in [1.29, 1.82) is 0 Å². The first-order valence-electron chi connectivity index (χ1n) is 7.12. The predicted octanol–water partition coefficient (Wildman–Crippen LogP) is 3.62. The number of benzene rings is 1. The van der Waals surface area contributed by atoms with Crippen LogP contribution in [0.5, 0.6) is 0 Å². The molecule has 0 atom stereocenters. The van der Waals surface area contributed by atoms with Gasteiger partial charge in [-0.2, -0.15) is 4.31 Å². The Kier molecular flexibility index (Phi) is 5.10. The van der Waals surface area contributed by atoms with E-state index in [1.54, 1.807) is 22.5 Å². The molecule has 20 heavy (non-hydrogen) atoms. The van der Waals surface area contributed by atoms with Gasteiger partial charge in [-0.05, 0) is 42.9 Å². The van der Waals surface area contributed by atoms with E-state index >= 15 is 0 Å². The summed E-state index contributed by atoms with van der Waals surface area (Å²) in [5, 5.41) is 0. The molecule has 0 unspecified atom stereocenters. The summed E-state index contributed by atoms with van der Waals surface area (Å²) in [6, 6.07) is 7.15. The average molecular weight is 316 g/mol. The fourth-order valence-corrected chi connectivity index (χ4v) is 4.11. The van der Waals surface area contributed by atoms with E-state index in [9.17, 15) is 8.42 Å². The Bertz CT molecular complexity index is 553. The Labute approximate surface area is 127 Å². The molecular formula is C15H22ClNO2S. The first-order valence-corrected chi connectivity index (χ1v) is 9.09. The lowest BCUT2D eigenvalue weighted by Crippen LogP contribution is -2.34. The smallest absolute Gasteiger partial charge is 0.207 e. The molecule has 0 aliphatic heterocycles. The highest BCUT2D eigenvalue weighted by atomic mass is 35.5. The van der Waals surface area contributed by atoms with Crippen LogP contribution in [0.4, 0.5) is 0 Å². The summed E-state index contributed by atoms with van der Waals surface area (Å²) in [7, 11) is -3.39. The number of hydrogen-bond acceptors (Lipinski definition) is 2. The van der Waals surface area contributed by atoms with Crippen molar-refractivity contribution in [3.8, 4) is 0 Å². The van der Waals surface area contributed by atoms with E-state index in [0.717, 1.165) is 24.8 Å². The van der Waals surface area contributed by atoms with Gasteiger partial charge < -0.3 is 0 Å². The quantitative estimate of drug-likeness (QED) is 0.721. The topological polar surface area (TPSA) is 37.4 Å². The number of alkyl halides is 1. The van der Waals surface area contributed by atoms with Crippen molar-refractivity contribution in [2.24, 2.45) is 5.92 Å². The van der Waals surface area contributed by atoms with E-state index in [4.69, 9.17) is 11.6 Å². The van der Waals surface area contributed by atoms with Crippen molar-refractivity contribution >= 4 is 21.6 Å². The largest absolute Gasteiger partial charge is 0.243 e. The molecule has 1 saturated carbocycles. The zero-order valence-corrected chi connectivity index (χ0v) is 13.6. The van der Waals surface area contributed by atoms with Crippen molar-refractivity contribution in [2.45, 2.75) is 49.9 Å². The normalized spacial score (nSPS) is 16.1. The van der Waals surface area contributed by atoms with E-state index < -0.39 is 10.0 Å². The van der Waals surface area contributed by atoms with Gasteiger partial charge in [-0.25, -0.2) is 8.42 Å². The molecule has 0 spiro atoms. The van der Waals surface area contributed by atoms with Crippen LogP contribution < -0.4 is 0 Å². The zero-order valence-electron chi connectivity index (χ0n) is 12.0. The van der Waals surface area contributed by atoms with Crippen LogP contribution in [0.25, 0.3) is 0 Å². The monoisotopic (exact) mass is 315 g/mol. The third kappa shape index (κ3) is 3.74. The van der Waals surface area contributed by atoms with Crippen LogP contribution in [0.3, 0.4) is 0 Å². The molecule has 0 heterocycles. The first kappa shape index (κ1) is 15.8. The summed E-state index contributed by atoms with van der Waals surface area (Å²) in [4.78, 5) is 0.367. The maximum Gasteiger partial charge on any atom is 0.243 e. The third-order valence-corrected chi connectivity index (χ3v) is 5.80. The van der Waals surface area contributed by atoms with Crippen molar-refractivity contribution in [3.05, 3.63) is 29.8 Å². The Morgan fingerprint density at radius 3 is 2.60 bits per heavy atom. The average Bonchev–Trinajstić information content (AvgIpc) is 3.23. The van der Waals surface area contributed by atoms with Gasteiger partial charge in [0.1, 0.15) is 0 Å². The van der Waals surface area contributed by atoms with Gasteiger partial charge in [0.15, 0.2) is 0 Å². The molecule has 0 N–H and O–H groups in total. The van der Waals surface area contributed by atoms with Crippen molar-refractivity contribution in [3.63, 3.8) is 0 Å². The molecular weight excluding hydrogens is 294 g/mol. The molecule has 1 aromatic carbocycles. The number of sulfonamides is 1. The van der Waals surface area contributed by atoms with Crippen LogP contribution in [0.1, 0.15) is 38.7 Å². The van der Waals surface area contributed by atoms with Crippen LogP contribution in [-0.4, -0.2) is 25.3 Å². The second-order valence-corrected chi connectivity index (χ2v) is 7.97. The molecule has 0 amide bonds. The maximum atomic E-state index is 12.8. The fraction of sp³-hybridized carbons (Fsp3) is 0.600. The summed E-state index contributed by atoms with van der Waals surface area (Å²) in [6.45, 7) is 4.84. The van der Waals surface area contributed by atoms with E-state index in [0.29, 0.717) is 23.2 Å². The molecule has 3 nitrogen and oxygen atoms in total. The Morgan fingerprint density at radius 1 is 1.35 bits per heavy atom. The second kappa shape index (κ2) is 6.46. The number of halogens is 1. The molecule has 112 valence electrons. The number of nitrogens with zero attached hydrogens (tertiary/aromatic N) is 1. The van der Waals surface area contributed by atoms with Crippen LogP contribution in [0.2, 0.25) is 0 Å². The van der Waals surface area contributed by atoms with Crippen molar-refractivity contribution in [2.75, 3.05) is 6.54 Å². The fourth-order valence-electron chi connectivity index (χ4n) is 2.17. The van der Waals surface area contributed by atoms with Gasteiger partial charge in [0, 0.05) is 18.5 Å². The minimum Gasteiger partial charge on any atom is -0.207 e. The van der Waals surface area contributed by atoms with E-state index in [-0.39, 0.29) is 6.04 Å². The van der Waals surface area contributed by atoms with Gasteiger partial charge >= 0.3 is 0 Å². The lowest BCUT2D eigenvalue weighted by Gasteiger charge is -2.23. The van der Waals surface area contributed by atoms with Gasteiger partial charge in [-0.3, -0.25) is 0 Å². The van der Waals surface area contributed by atoms with Crippen molar-refractivity contribution in [1.82, 2.24) is 4.31 Å². The maximum absolute atomic E-state index is 12.8. The highest BCUT2D eigenvalue weighted by molar-refractivity contribution is 7.89. The lowest BCUT2D eigenvalue weighted by atomic mass is 10.1. The molecule has 0 radical (unpaired) electrons. The highest BCUT2D eigenvalue weighted by Gasteiger charge is 2.37. The summed E-state index contributed by atoms with van der Waals surface area (Å²) in [5.41, 5.74) is 0.840. The third-order valence-electron chi connectivity index (χ3n) is 3.54. The van der Waals surface area contributed by atoms with Gasteiger partial charge in [-0.15, -0.1) is 11.6 Å². The van der Waals surface area contributed by atoms with Crippen molar-refractivity contribution < 1.29 is 8.42 Å². The molecule has 1 aromatic rings. The molecule has 1 fully saturated rings. The molecule has 0 bridgehead atoms. The molecule has 1 aliphatic rings. The Hall–Kier alpha value is -0.580. The van der Waals surface area contributed by atoms with Gasteiger partial charge in [0.2, 0.25) is 10.0 Å². The summed E-state index contributed by atoms with van der Waals surface area (Å²) in [5.74, 6) is 0.833. The van der Waals surface area contributed by atoms with Gasteiger partial charge in [-0.1, -0.05) is 26.0 Å². The molecule has 2 rings (SSSR count). The van der Waals surface area contributed by atoms with Gasteiger partial charge in [0.25, 0.3) is 0 Å². The second-order valence-electron chi connectivity index (χ2n) is 5.81. The van der Waals surface area contributed by atoms with Crippen LogP contribution in [0, 0.1) is 5.92 Å². The summed E-state index contributed by atoms with van der Waals surface area (Å²) < 4.78 is 27.2. The standard InChI is InChI=1S/C15H22ClNO2S/c1-12(2)8-9-17(14-6-7-14)20(18,19)15-5-3-4-13(10-15)11-16/h3-5,10,12,14H,6-9,11H2,1-2H3. The molecule has 0 saturated heterocycles. The summed E-state index contributed by atoms with van der Waals surface area (Å²) >= 11 is 5.80. The Morgan fingerprint density at radius 2 is 2.05 bits per heavy atom. The molecule has 1 aliphatic carbocycles. The molecule has 5 heteroatoms. The number of rotatable bonds is 7. The highest BCUT2D eigenvalue weighted by Crippen LogP contribution is 2.32. The Balaban J connectivity index is 2.25. The number of hydrogen-bond donors (Lipinski definition) is 0. The van der Waals surface area contributed by atoms with Gasteiger partial charge in [0.05, 0.1) is 4.90 Å². The van der Waals surface area contributed by atoms with Crippen LogP contribution in [-0.2, 0) is 15.9 Å². The minimum atomic E-state index is -3.39. The van der Waals surface area contributed by atoms with Crippen LogP contribution >= 0.6 is 11.6 Å².